The van der Waals surface area contributed by atoms with E-state index in [0.29, 0.717) is 18.4 Å². The molecule has 1 aromatic carbocycles. The fraction of sp³-hybridized carbons (Fsp3) is 0.654. The van der Waals surface area contributed by atoms with Crippen LogP contribution >= 0.6 is 0 Å². The summed E-state index contributed by atoms with van der Waals surface area (Å²) in [6, 6.07) is 12.3. The molecule has 2 saturated heterocycles. The van der Waals surface area contributed by atoms with E-state index in [-0.39, 0.29) is 43.0 Å². The van der Waals surface area contributed by atoms with Crippen molar-refractivity contribution in [2.75, 3.05) is 6.61 Å². The molecule has 0 spiro atoms. The van der Waals surface area contributed by atoms with Crippen molar-refractivity contribution in [3.63, 3.8) is 0 Å². The van der Waals surface area contributed by atoms with E-state index < -0.39 is 6.09 Å². The molecule has 5 atom stereocenters. The summed E-state index contributed by atoms with van der Waals surface area (Å²) in [6.45, 7) is 4.63. The number of likely N-dealkylation sites (tertiary alicyclic amines) is 1. The van der Waals surface area contributed by atoms with Crippen molar-refractivity contribution in [1.82, 2.24) is 9.80 Å². The van der Waals surface area contributed by atoms with Gasteiger partial charge in [-0.2, -0.15) is 5.26 Å². The van der Waals surface area contributed by atoms with Crippen LogP contribution in [0.2, 0.25) is 0 Å². The zero-order valence-electron chi connectivity index (χ0n) is 19.3. The van der Waals surface area contributed by atoms with Crippen LogP contribution in [0, 0.1) is 23.2 Å². The Balaban J connectivity index is 1.54. The highest BCUT2D eigenvalue weighted by Crippen LogP contribution is 2.39. The lowest BCUT2D eigenvalue weighted by Crippen LogP contribution is -2.58. The lowest BCUT2D eigenvalue weighted by molar-refractivity contribution is -0.133. The average Bonchev–Trinajstić information content (AvgIpc) is 3.17. The van der Waals surface area contributed by atoms with Gasteiger partial charge < -0.3 is 4.74 Å². The molecule has 2 heterocycles. The molecule has 6 nitrogen and oxygen atoms in total. The van der Waals surface area contributed by atoms with E-state index >= 15 is 0 Å². The van der Waals surface area contributed by atoms with E-state index in [1.165, 1.54) is 24.2 Å². The highest BCUT2D eigenvalue weighted by atomic mass is 16.6. The molecule has 1 aromatic rings. The number of cyclic esters (lactones) is 1. The van der Waals surface area contributed by atoms with Crippen molar-refractivity contribution in [2.24, 2.45) is 11.8 Å². The second kappa shape index (κ2) is 10.0. The first-order valence-electron chi connectivity index (χ1n) is 12.2. The van der Waals surface area contributed by atoms with E-state index in [4.69, 9.17) is 4.74 Å². The lowest BCUT2D eigenvalue weighted by Gasteiger charge is -2.50. The van der Waals surface area contributed by atoms with Crippen molar-refractivity contribution in [1.29, 1.82) is 5.26 Å². The first kappa shape index (κ1) is 22.8. The summed E-state index contributed by atoms with van der Waals surface area (Å²) in [5.74, 6) is 0.483. The van der Waals surface area contributed by atoms with Gasteiger partial charge in [-0.25, -0.2) is 9.69 Å². The Labute approximate surface area is 191 Å². The van der Waals surface area contributed by atoms with Crippen molar-refractivity contribution < 1.29 is 14.3 Å². The highest BCUT2D eigenvalue weighted by molar-refractivity contribution is 5.93. The molecular weight excluding hydrogens is 402 g/mol. The number of benzene rings is 1. The summed E-state index contributed by atoms with van der Waals surface area (Å²) in [7, 11) is 0. The zero-order chi connectivity index (χ0) is 22.7. The van der Waals surface area contributed by atoms with Gasteiger partial charge in [-0.3, -0.25) is 9.69 Å². The number of hydrogen-bond acceptors (Lipinski definition) is 5. The van der Waals surface area contributed by atoms with Gasteiger partial charge in [0, 0.05) is 18.5 Å². The predicted octanol–water partition coefficient (Wildman–Crippen LogP) is 4.54. The summed E-state index contributed by atoms with van der Waals surface area (Å²) in [5, 5.41) is 9.95. The van der Waals surface area contributed by atoms with Crippen molar-refractivity contribution in [2.45, 2.75) is 89.4 Å². The summed E-state index contributed by atoms with van der Waals surface area (Å²) in [6.07, 6.45) is 6.97. The monoisotopic (exact) mass is 437 g/mol. The van der Waals surface area contributed by atoms with Crippen LogP contribution in [-0.4, -0.2) is 52.6 Å². The minimum atomic E-state index is -0.534. The van der Waals surface area contributed by atoms with Crippen LogP contribution in [0.1, 0.15) is 64.4 Å². The molecule has 1 saturated carbocycles. The van der Waals surface area contributed by atoms with E-state index in [1.54, 1.807) is 0 Å². The number of imide groups is 1. The zero-order valence-corrected chi connectivity index (χ0v) is 19.3. The van der Waals surface area contributed by atoms with Gasteiger partial charge in [0.15, 0.2) is 0 Å². The second-order valence-corrected chi connectivity index (χ2v) is 9.91. The SMILES string of the molecule is C[C@H]1[C@H](C)CC(C#N)N(C2CCCCC2)[C@H]1CC(=O)N1C(=O)OC[C@@H]1Cc1ccccc1. The molecule has 0 aromatic heterocycles. The quantitative estimate of drug-likeness (QED) is 0.676. The Kier molecular flexibility index (Phi) is 7.15. The van der Waals surface area contributed by atoms with Crippen molar-refractivity contribution in [3.8, 4) is 6.07 Å². The third-order valence-corrected chi connectivity index (χ3v) is 7.92. The molecule has 3 fully saturated rings. The Morgan fingerprint density at radius 3 is 2.56 bits per heavy atom. The van der Waals surface area contributed by atoms with Crippen LogP contribution in [-0.2, 0) is 16.0 Å². The Bertz CT molecular complexity index is 846. The molecule has 1 unspecified atom stereocenters. The Morgan fingerprint density at radius 1 is 1.16 bits per heavy atom. The fourth-order valence-electron chi connectivity index (χ4n) is 5.97. The van der Waals surface area contributed by atoms with E-state index in [2.05, 4.69) is 24.8 Å². The molecule has 0 N–H and O–H groups in total. The number of rotatable bonds is 5. The van der Waals surface area contributed by atoms with Crippen LogP contribution in [0.4, 0.5) is 4.79 Å². The van der Waals surface area contributed by atoms with Crippen molar-refractivity contribution in [3.05, 3.63) is 35.9 Å². The summed E-state index contributed by atoms with van der Waals surface area (Å²) in [4.78, 5) is 29.7. The van der Waals surface area contributed by atoms with Gasteiger partial charge in [0.05, 0.1) is 18.2 Å². The van der Waals surface area contributed by atoms with Crippen LogP contribution in [0.15, 0.2) is 30.3 Å². The largest absolute Gasteiger partial charge is 0.447 e. The smallest absolute Gasteiger partial charge is 0.416 e. The number of amides is 2. The molecular formula is C26H35N3O3. The normalized spacial score (nSPS) is 31.8. The predicted molar refractivity (Wildman–Crippen MR) is 122 cm³/mol. The topological polar surface area (TPSA) is 73.6 Å². The third kappa shape index (κ3) is 4.68. The summed E-state index contributed by atoms with van der Waals surface area (Å²) < 4.78 is 5.29. The number of hydrogen-bond donors (Lipinski definition) is 0. The molecule has 0 bridgehead atoms. The van der Waals surface area contributed by atoms with Crippen LogP contribution in [0.25, 0.3) is 0 Å². The maximum Gasteiger partial charge on any atom is 0.416 e. The standard InChI is InChI=1S/C26H35N3O3/c1-18-13-22(16-27)28(21-11-7-4-8-12-21)24(19(18)2)15-25(30)29-23(17-32-26(29)31)14-20-9-5-3-6-10-20/h3,5-6,9-10,18-19,21-24H,4,7-8,11-15,17H2,1-2H3/t18-,19+,22?,23+,24+/m1/s1. The molecule has 2 aliphatic heterocycles. The number of carbonyl (C=O) groups is 2. The van der Waals surface area contributed by atoms with Crippen LogP contribution in [0.5, 0.6) is 0 Å². The van der Waals surface area contributed by atoms with Crippen LogP contribution < -0.4 is 0 Å². The molecule has 0 radical (unpaired) electrons. The number of piperidine rings is 1. The Morgan fingerprint density at radius 2 is 1.88 bits per heavy atom. The number of nitriles is 1. The molecule has 172 valence electrons. The van der Waals surface area contributed by atoms with Crippen LogP contribution in [0.3, 0.4) is 0 Å². The summed E-state index contributed by atoms with van der Waals surface area (Å²) in [5.41, 5.74) is 1.08. The van der Waals surface area contributed by atoms with E-state index in [0.717, 1.165) is 24.8 Å². The van der Waals surface area contributed by atoms with Gasteiger partial charge >= 0.3 is 6.09 Å². The number of ether oxygens (including phenoxy) is 1. The summed E-state index contributed by atoms with van der Waals surface area (Å²) >= 11 is 0. The first-order valence-corrected chi connectivity index (χ1v) is 12.2. The fourth-order valence-corrected chi connectivity index (χ4v) is 5.97. The first-order chi connectivity index (χ1) is 15.5. The lowest BCUT2D eigenvalue weighted by atomic mass is 9.75. The minimum absolute atomic E-state index is 0.0234. The number of carbonyl (C=O) groups excluding carboxylic acids is 2. The number of nitrogens with zero attached hydrogens (tertiary/aromatic N) is 3. The Hall–Kier alpha value is -2.39. The molecule has 3 aliphatic rings. The van der Waals surface area contributed by atoms with Gasteiger partial charge in [0.25, 0.3) is 0 Å². The molecule has 32 heavy (non-hydrogen) atoms. The maximum absolute atomic E-state index is 13.5. The maximum atomic E-state index is 13.5. The average molecular weight is 438 g/mol. The molecule has 4 rings (SSSR count). The minimum Gasteiger partial charge on any atom is -0.447 e. The molecule has 6 heteroatoms. The molecule has 2 amide bonds. The van der Waals surface area contributed by atoms with E-state index in [9.17, 15) is 14.9 Å². The van der Waals surface area contributed by atoms with E-state index in [1.807, 2.05) is 30.3 Å². The van der Waals surface area contributed by atoms with Gasteiger partial charge in [-0.1, -0.05) is 63.4 Å². The van der Waals surface area contributed by atoms with Crippen molar-refractivity contribution >= 4 is 12.0 Å². The second-order valence-electron chi connectivity index (χ2n) is 9.91. The molecule has 1 aliphatic carbocycles. The van der Waals surface area contributed by atoms with Gasteiger partial charge in [-0.05, 0) is 43.1 Å². The van der Waals surface area contributed by atoms with Gasteiger partial charge in [0.1, 0.15) is 6.61 Å². The van der Waals surface area contributed by atoms with Gasteiger partial charge in [0.2, 0.25) is 5.91 Å². The third-order valence-electron chi connectivity index (χ3n) is 7.92. The highest BCUT2D eigenvalue weighted by Gasteiger charge is 2.46. The van der Waals surface area contributed by atoms with Gasteiger partial charge in [-0.15, -0.1) is 0 Å².